The minimum absolute atomic E-state index is 0.137. The van der Waals surface area contributed by atoms with Gasteiger partial charge in [-0.3, -0.25) is 4.79 Å². The number of carbonyl (C=O) groups is 1. The Labute approximate surface area is 180 Å². The maximum Gasteiger partial charge on any atom is 0.255 e. The Bertz CT molecular complexity index is 1240. The van der Waals surface area contributed by atoms with Gasteiger partial charge in [-0.05, 0) is 48.9 Å². The lowest BCUT2D eigenvalue weighted by atomic mass is 10.1. The molecule has 31 heavy (non-hydrogen) atoms. The number of aromatic nitrogens is 2. The largest absolute Gasteiger partial charge is 0.493 e. The van der Waals surface area contributed by atoms with Gasteiger partial charge in [-0.25, -0.2) is 9.97 Å². The number of carbonyl (C=O) groups excluding carboxylic acids is 1. The smallest absolute Gasteiger partial charge is 0.255 e. The summed E-state index contributed by atoms with van der Waals surface area (Å²) < 4.78 is 10.7. The summed E-state index contributed by atoms with van der Waals surface area (Å²) in [6, 6.07) is 18.6. The second-order valence-corrected chi connectivity index (χ2v) is 6.92. The Morgan fingerprint density at radius 3 is 2.26 bits per heavy atom. The molecule has 4 aromatic rings. The molecule has 0 aliphatic carbocycles. The molecule has 0 atom stereocenters. The third-order valence-electron chi connectivity index (χ3n) is 4.94. The van der Waals surface area contributed by atoms with Crippen LogP contribution in [-0.4, -0.2) is 30.1 Å². The number of aryl methyl sites for hydroxylation is 1. The molecule has 0 saturated heterocycles. The van der Waals surface area contributed by atoms with Crippen molar-refractivity contribution in [3.8, 4) is 11.5 Å². The number of ether oxygens (including phenoxy) is 2. The molecule has 0 radical (unpaired) electrons. The van der Waals surface area contributed by atoms with Crippen molar-refractivity contribution < 1.29 is 14.3 Å². The van der Waals surface area contributed by atoms with E-state index in [9.17, 15) is 4.79 Å². The van der Waals surface area contributed by atoms with Crippen molar-refractivity contribution in [2.45, 2.75) is 6.92 Å². The number of nitrogens with zero attached hydrogens (tertiary/aromatic N) is 2. The van der Waals surface area contributed by atoms with E-state index in [1.54, 1.807) is 14.2 Å². The Morgan fingerprint density at radius 1 is 0.871 bits per heavy atom. The van der Waals surface area contributed by atoms with Gasteiger partial charge in [0.1, 0.15) is 12.1 Å². The predicted molar refractivity (Wildman–Crippen MR) is 121 cm³/mol. The highest BCUT2D eigenvalue weighted by atomic mass is 16.5. The Morgan fingerprint density at radius 2 is 1.55 bits per heavy atom. The summed E-state index contributed by atoms with van der Waals surface area (Å²) >= 11 is 0. The maximum atomic E-state index is 12.5. The Balaban J connectivity index is 1.55. The quantitative estimate of drug-likeness (QED) is 0.464. The highest BCUT2D eigenvalue weighted by molar-refractivity contribution is 6.05. The van der Waals surface area contributed by atoms with E-state index in [1.165, 1.54) is 6.33 Å². The SMILES string of the molecule is COc1cc2ncnc(Nc3ccc(NC(=O)c4ccccc4C)cc3)c2cc1OC. The zero-order valence-corrected chi connectivity index (χ0v) is 17.5. The highest BCUT2D eigenvalue weighted by Crippen LogP contribution is 2.34. The lowest BCUT2D eigenvalue weighted by Crippen LogP contribution is -2.13. The van der Waals surface area contributed by atoms with Crippen LogP contribution in [0.25, 0.3) is 10.9 Å². The van der Waals surface area contributed by atoms with Gasteiger partial charge in [0.25, 0.3) is 5.91 Å². The van der Waals surface area contributed by atoms with Crippen LogP contribution in [0, 0.1) is 6.92 Å². The van der Waals surface area contributed by atoms with Gasteiger partial charge in [0, 0.05) is 28.4 Å². The van der Waals surface area contributed by atoms with E-state index in [2.05, 4.69) is 20.6 Å². The molecular weight excluding hydrogens is 392 g/mol. The van der Waals surface area contributed by atoms with Crippen molar-refractivity contribution in [2.24, 2.45) is 0 Å². The summed E-state index contributed by atoms with van der Waals surface area (Å²) in [4.78, 5) is 21.2. The summed E-state index contributed by atoms with van der Waals surface area (Å²) in [5, 5.41) is 7.02. The van der Waals surface area contributed by atoms with E-state index in [1.807, 2.05) is 67.6 Å². The number of benzene rings is 3. The van der Waals surface area contributed by atoms with Gasteiger partial charge < -0.3 is 20.1 Å². The van der Waals surface area contributed by atoms with Crippen molar-refractivity contribution in [1.29, 1.82) is 0 Å². The first-order valence-electron chi connectivity index (χ1n) is 9.70. The van der Waals surface area contributed by atoms with Crippen LogP contribution < -0.4 is 20.1 Å². The topological polar surface area (TPSA) is 85.4 Å². The molecule has 1 amide bonds. The second-order valence-electron chi connectivity index (χ2n) is 6.92. The number of anilines is 3. The molecule has 1 aromatic heterocycles. The molecule has 0 unspecified atom stereocenters. The average Bonchev–Trinajstić information content (AvgIpc) is 2.80. The molecule has 0 aliphatic heterocycles. The fraction of sp³-hybridized carbons (Fsp3) is 0.125. The van der Waals surface area contributed by atoms with E-state index in [4.69, 9.17) is 9.47 Å². The minimum Gasteiger partial charge on any atom is -0.493 e. The zero-order chi connectivity index (χ0) is 21.8. The van der Waals surface area contributed by atoms with Crippen LogP contribution in [-0.2, 0) is 0 Å². The number of amides is 1. The molecule has 0 saturated carbocycles. The first kappa shape index (κ1) is 20.2. The number of nitrogens with one attached hydrogen (secondary N) is 2. The first-order valence-corrected chi connectivity index (χ1v) is 9.70. The summed E-state index contributed by atoms with van der Waals surface area (Å²) in [5.74, 6) is 1.71. The predicted octanol–water partition coefficient (Wildman–Crippen LogP) is 4.95. The third kappa shape index (κ3) is 4.25. The van der Waals surface area contributed by atoms with Gasteiger partial charge >= 0.3 is 0 Å². The lowest BCUT2D eigenvalue weighted by molar-refractivity contribution is 0.102. The van der Waals surface area contributed by atoms with Gasteiger partial charge in [-0.1, -0.05) is 18.2 Å². The van der Waals surface area contributed by atoms with Crippen molar-refractivity contribution in [2.75, 3.05) is 24.9 Å². The molecule has 0 fully saturated rings. The zero-order valence-electron chi connectivity index (χ0n) is 17.5. The summed E-state index contributed by atoms with van der Waals surface area (Å²) in [6.07, 6.45) is 1.49. The van der Waals surface area contributed by atoms with Crippen LogP contribution >= 0.6 is 0 Å². The molecule has 7 heteroatoms. The van der Waals surface area contributed by atoms with Crippen LogP contribution in [0.3, 0.4) is 0 Å². The van der Waals surface area contributed by atoms with Crippen molar-refractivity contribution in [1.82, 2.24) is 9.97 Å². The van der Waals surface area contributed by atoms with Gasteiger partial charge in [0.15, 0.2) is 11.5 Å². The second kappa shape index (κ2) is 8.71. The van der Waals surface area contributed by atoms with E-state index in [0.29, 0.717) is 28.6 Å². The van der Waals surface area contributed by atoms with Crippen LogP contribution in [0.2, 0.25) is 0 Å². The van der Waals surface area contributed by atoms with Crippen LogP contribution in [0.5, 0.6) is 11.5 Å². The first-order chi connectivity index (χ1) is 15.1. The van der Waals surface area contributed by atoms with Crippen molar-refractivity contribution in [3.63, 3.8) is 0 Å². The molecule has 0 aliphatic rings. The number of rotatable bonds is 6. The van der Waals surface area contributed by atoms with E-state index >= 15 is 0 Å². The molecule has 4 rings (SSSR count). The van der Waals surface area contributed by atoms with Crippen LogP contribution in [0.1, 0.15) is 15.9 Å². The Hall–Kier alpha value is -4.13. The van der Waals surface area contributed by atoms with Gasteiger partial charge in [0.2, 0.25) is 0 Å². The van der Waals surface area contributed by atoms with E-state index < -0.39 is 0 Å². The maximum absolute atomic E-state index is 12.5. The molecule has 7 nitrogen and oxygen atoms in total. The molecule has 1 heterocycles. The molecule has 0 bridgehead atoms. The standard InChI is InChI=1S/C24H22N4O3/c1-15-6-4-5-7-18(15)24(29)28-17-10-8-16(9-11-17)27-23-19-12-21(30-2)22(31-3)13-20(19)25-14-26-23/h4-14H,1-3H3,(H,28,29)(H,25,26,27). The van der Waals surface area contributed by atoms with Crippen LogP contribution in [0.15, 0.2) is 67.0 Å². The summed E-state index contributed by atoms with van der Waals surface area (Å²) in [6.45, 7) is 1.92. The minimum atomic E-state index is -0.137. The van der Waals surface area contributed by atoms with Gasteiger partial charge in [-0.15, -0.1) is 0 Å². The van der Waals surface area contributed by atoms with E-state index in [-0.39, 0.29) is 5.91 Å². The molecule has 3 aromatic carbocycles. The molecule has 2 N–H and O–H groups in total. The molecule has 0 spiro atoms. The third-order valence-corrected chi connectivity index (χ3v) is 4.94. The Kier molecular flexibility index (Phi) is 5.66. The van der Waals surface area contributed by atoms with E-state index in [0.717, 1.165) is 22.2 Å². The normalized spacial score (nSPS) is 10.5. The van der Waals surface area contributed by atoms with Crippen LogP contribution in [0.4, 0.5) is 17.2 Å². The fourth-order valence-electron chi connectivity index (χ4n) is 3.28. The number of fused-ring (bicyclic) bond motifs is 1. The lowest BCUT2D eigenvalue weighted by Gasteiger charge is -2.12. The fourth-order valence-corrected chi connectivity index (χ4v) is 3.28. The average molecular weight is 414 g/mol. The monoisotopic (exact) mass is 414 g/mol. The van der Waals surface area contributed by atoms with Crippen molar-refractivity contribution in [3.05, 3.63) is 78.1 Å². The summed E-state index contributed by atoms with van der Waals surface area (Å²) in [7, 11) is 3.17. The highest BCUT2D eigenvalue weighted by Gasteiger charge is 2.12. The molecule has 156 valence electrons. The van der Waals surface area contributed by atoms with Crippen molar-refractivity contribution >= 4 is 34.0 Å². The number of hydrogen-bond acceptors (Lipinski definition) is 6. The number of methoxy groups -OCH3 is 2. The van der Waals surface area contributed by atoms with Gasteiger partial charge in [-0.2, -0.15) is 0 Å². The molecular formula is C24H22N4O3. The van der Waals surface area contributed by atoms with Gasteiger partial charge in [0.05, 0.1) is 19.7 Å². The number of hydrogen-bond donors (Lipinski definition) is 2. The summed E-state index contributed by atoms with van der Waals surface area (Å²) in [5.41, 5.74) is 3.85.